The quantitative estimate of drug-likeness (QED) is 0.627. The summed E-state index contributed by atoms with van der Waals surface area (Å²) < 4.78 is 6.28. The summed E-state index contributed by atoms with van der Waals surface area (Å²) in [6, 6.07) is 10.4. The van der Waals surface area contributed by atoms with Crippen LogP contribution in [0.3, 0.4) is 0 Å². The van der Waals surface area contributed by atoms with Gasteiger partial charge < -0.3 is 9.84 Å². The van der Waals surface area contributed by atoms with E-state index in [1.165, 1.54) is 5.56 Å². The number of ketones is 1. The Morgan fingerprint density at radius 3 is 2.35 bits per heavy atom. The number of aliphatic hydroxyl groups is 1. The number of hydrogen-bond donors (Lipinski definition) is 1. The van der Waals surface area contributed by atoms with Gasteiger partial charge in [-0.1, -0.05) is 60.8 Å². The lowest BCUT2D eigenvalue weighted by atomic mass is 9.72. The predicted octanol–water partition coefficient (Wildman–Crippen LogP) is 6.12. The monoisotopic (exact) mass is 436 g/mol. The maximum atomic E-state index is 13.6. The van der Waals surface area contributed by atoms with E-state index in [-0.39, 0.29) is 41.5 Å². The summed E-state index contributed by atoms with van der Waals surface area (Å²) in [4.78, 5) is 13.6. The van der Waals surface area contributed by atoms with Crippen LogP contribution in [0.1, 0.15) is 59.6 Å². The van der Waals surface area contributed by atoms with Crippen molar-refractivity contribution in [3.8, 4) is 0 Å². The van der Waals surface area contributed by atoms with Gasteiger partial charge in [0.05, 0.1) is 29.6 Å². The summed E-state index contributed by atoms with van der Waals surface area (Å²) in [7, 11) is 0. The number of rotatable bonds is 4. The number of fused-ring (bicyclic) bond motifs is 5. The standard InChI is InChI=1S/C27H29ClO3/c1-5-15-9-14(4)10-16(6-2)21(15)23-25(29)22-20-12-18(27(31-20)24(22)26(23)30)17-11-13(3)7-8-19(17)28/h7-11,18,20,22,24,27,30H,5-6,12H2,1-4H3/t18-,20-,22-,24+,27+/m0/s1. The molecule has 0 radical (unpaired) electrons. The van der Waals surface area contributed by atoms with Crippen LogP contribution in [0.5, 0.6) is 0 Å². The Morgan fingerprint density at radius 1 is 1.03 bits per heavy atom. The summed E-state index contributed by atoms with van der Waals surface area (Å²) in [6.07, 6.45) is 2.06. The van der Waals surface area contributed by atoms with Crippen LogP contribution in [-0.2, 0) is 22.4 Å². The van der Waals surface area contributed by atoms with Gasteiger partial charge in [0.2, 0.25) is 0 Å². The van der Waals surface area contributed by atoms with Gasteiger partial charge in [0.1, 0.15) is 5.76 Å². The van der Waals surface area contributed by atoms with Gasteiger partial charge in [-0.15, -0.1) is 0 Å². The molecular formula is C27H29ClO3. The maximum Gasteiger partial charge on any atom is 0.173 e. The summed E-state index contributed by atoms with van der Waals surface area (Å²) in [5.41, 5.74) is 7.19. The first kappa shape index (κ1) is 20.8. The van der Waals surface area contributed by atoms with Crippen LogP contribution in [0.2, 0.25) is 5.02 Å². The molecule has 2 heterocycles. The molecule has 2 bridgehead atoms. The van der Waals surface area contributed by atoms with Crippen molar-refractivity contribution in [2.24, 2.45) is 11.8 Å². The van der Waals surface area contributed by atoms with Gasteiger partial charge >= 0.3 is 0 Å². The molecule has 2 aromatic rings. The van der Waals surface area contributed by atoms with E-state index in [2.05, 4.69) is 45.9 Å². The number of halogens is 1. The lowest BCUT2D eigenvalue weighted by molar-refractivity contribution is -0.118. The van der Waals surface area contributed by atoms with Crippen molar-refractivity contribution < 1.29 is 14.6 Å². The number of ether oxygens (including phenoxy) is 1. The molecule has 0 saturated carbocycles. The minimum Gasteiger partial charge on any atom is -0.511 e. The number of Topliss-reactive ketones (excluding diaryl/α,β-unsaturated/α-hetero) is 1. The third-order valence-electron chi connectivity index (χ3n) is 7.49. The second-order valence-electron chi connectivity index (χ2n) is 9.35. The SMILES string of the molecule is CCc1cc(C)cc(CC)c1C1=C(O)[C@@H]2[C@@H]3O[C@@H](C[C@H]3c3cc(C)ccc3Cl)[C@@H]2C1=O. The molecule has 0 spiro atoms. The summed E-state index contributed by atoms with van der Waals surface area (Å²) in [5, 5.41) is 12.2. The number of carbonyl (C=O) groups is 1. The second-order valence-corrected chi connectivity index (χ2v) is 9.75. The van der Waals surface area contributed by atoms with Crippen molar-refractivity contribution >= 4 is 23.0 Å². The zero-order valence-corrected chi connectivity index (χ0v) is 19.3. The van der Waals surface area contributed by atoms with Crippen molar-refractivity contribution in [3.05, 3.63) is 74.5 Å². The van der Waals surface area contributed by atoms with E-state index >= 15 is 0 Å². The van der Waals surface area contributed by atoms with Crippen LogP contribution >= 0.6 is 11.6 Å². The molecule has 1 aliphatic carbocycles. The second kappa shape index (κ2) is 7.50. The van der Waals surface area contributed by atoms with Crippen LogP contribution in [-0.4, -0.2) is 23.1 Å². The average Bonchev–Trinajstić information content (AvgIpc) is 3.41. The maximum absolute atomic E-state index is 13.6. The molecule has 2 aromatic carbocycles. The minimum atomic E-state index is -0.282. The summed E-state index contributed by atoms with van der Waals surface area (Å²) in [6.45, 7) is 8.36. The van der Waals surface area contributed by atoms with E-state index in [0.717, 1.165) is 52.1 Å². The average molecular weight is 437 g/mol. The molecule has 5 atom stereocenters. The van der Waals surface area contributed by atoms with E-state index in [0.29, 0.717) is 5.57 Å². The molecule has 3 aliphatic rings. The van der Waals surface area contributed by atoms with Gasteiger partial charge in [0, 0.05) is 10.9 Å². The lowest BCUT2D eigenvalue weighted by Crippen LogP contribution is -2.33. The summed E-state index contributed by atoms with van der Waals surface area (Å²) >= 11 is 6.54. The van der Waals surface area contributed by atoms with E-state index in [9.17, 15) is 9.90 Å². The van der Waals surface area contributed by atoms with Gasteiger partial charge in [-0.25, -0.2) is 0 Å². The fourth-order valence-electron chi connectivity index (χ4n) is 6.18. The molecule has 3 nitrogen and oxygen atoms in total. The molecule has 2 saturated heterocycles. The highest BCUT2D eigenvalue weighted by molar-refractivity contribution is 6.31. The zero-order chi connectivity index (χ0) is 22.0. The molecule has 0 unspecified atom stereocenters. The zero-order valence-electron chi connectivity index (χ0n) is 18.5. The third-order valence-corrected chi connectivity index (χ3v) is 7.83. The van der Waals surface area contributed by atoms with Crippen LogP contribution in [0.25, 0.3) is 5.57 Å². The van der Waals surface area contributed by atoms with Crippen LogP contribution in [0.15, 0.2) is 36.1 Å². The number of aliphatic hydroxyl groups excluding tert-OH is 1. The van der Waals surface area contributed by atoms with Crippen molar-refractivity contribution in [1.82, 2.24) is 0 Å². The largest absolute Gasteiger partial charge is 0.511 e. The first-order valence-corrected chi connectivity index (χ1v) is 11.7. The fourth-order valence-corrected chi connectivity index (χ4v) is 6.44. The molecule has 0 amide bonds. The molecule has 2 aliphatic heterocycles. The van der Waals surface area contributed by atoms with Crippen molar-refractivity contribution in [2.45, 2.75) is 65.1 Å². The smallest absolute Gasteiger partial charge is 0.173 e. The molecule has 4 heteroatoms. The van der Waals surface area contributed by atoms with Crippen molar-refractivity contribution in [2.75, 3.05) is 0 Å². The highest BCUT2D eigenvalue weighted by Crippen LogP contribution is 2.59. The Labute approximate surface area is 189 Å². The van der Waals surface area contributed by atoms with E-state index < -0.39 is 0 Å². The minimum absolute atomic E-state index is 0.0528. The van der Waals surface area contributed by atoms with Gasteiger partial charge in [-0.3, -0.25) is 4.79 Å². The molecule has 5 rings (SSSR count). The Balaban J connectivity index is 1.61. The Kier molecular flexibility index (Phi) is 5.02. The first-order valence-electron chi connectivity index (χ1n) is 11.4. The normalized spacial score (nSPS) is 29.2. The molecule has 0 aromatic heterocycles. The highest BCUT2D eigenvalue weighted by atomic mass is 35.5. The summed E-state index contributed by atoms with van der Waals surface area (Å²) in [5.74, 6) is -0.183. The lowest BCUT2D eigenvalue weighted by Gasteiger charge is -2.28. The number of allylic oxidation sites excluding steroid dienone is 1. The van der Waals surface area contributed by atoms with Gasteiger partial charge in [0.15, 0.2) is 5.78 Å². The Morgan fingerprint density at radius 2 is 1.71 bits per heavy atom. The van der Waals surface area contributed by atoms with E-state index in [4.69, 9.17) is 16.3 Å². The number of hydrogen-bond acceptors (Lipinski definition) is 3. The molecule has 2 fully saturated rings. The third kappa shape index (κ3) is 3.01. The van der Waals surface area contributed by atoms with Gasteiger partial charge in [-0.05, 0) is 61.4 Å². The van der Waals surface area contributed by atoms with Gasteiger partial charge in [-0.2, -0.15) is 0 Å². The molecular weight excluding hydrogens is 408 g/mol. The van der Waals surface area contributed by atoms with Gasteiger partial charge in [0.25, 0.3) is 0 Å². The van der Waals surface area contributed by atoms with Crippen LogP contribution in [0.4, 0.5) is 0 Å². The van der Waals surface area contributed by atoms with Crippen LogP contribution in [0, 0.1) is 25.7 Å². The topological polar surface area (TPSA) is 46.5 Å². The van der Waals surface area contributed by atoms with E-state index in [1.54, 1.807) is 0 Å². The van der Waals surface area contributed by atoms with E-state index in [1.807, 2.05) is 12.1 Å². The van der Waals surface area contributed by atoms with Crippen LogP contribution < -0.4 is 0 Å². The molecule has 162 valence electrons. The molecule has 31 heavy (non-hydrogen) atoms. The number of aryl methyl sites for hydroxylation is 4. The fraction of sp³-hybridized carbons (Fsp3) is 0.444. The Bertz CT molecular complexity index is 1090. The molecule has 1 N–H and O–H groups in total. The highest BCUT2D eigenvalue weighted by Gasteiger charge is 2.62. The number of benzene rings is 2. The Hall–Kier alpha value is -2.10. The van der Waals surface area contributed by atoms with Crippen molar-refractivity contribution in [1.29, 1.82) is 0 Å². The predicted molar refractivity (Wildman–Crippen MR) is 124 cm³/mol. The first-order chi connectivity index (χ1) is 14.8. The number of carbonyl (C=O) groups excluding carboxylic acids is 1. The van der Waals surface area contributed by atoms with Crippen molar-refractivity contribution in [3.63, 3.8) is 0 Å².